The molecule has 0 spiro atoms. The molecule has 1 fully saturated rings. The van der Waals surface area contributed by atoms with Gasteiger partial charge in [0.2, 0.25) is 0 Å². The zero-order valence-electron chi connectivity index (χ0n) is 10.1. The molecule has 0 atom stereocenters. The number of nitrogens with one attached hydrogen (secondary N) is 1. The monoisotopic (exact) mass is 297 g/mol. The van der Waals surface area contributed by atoms with Crippen molar-refractivity contribution in [3.8, 4) is 5.75 Å². The Morgan fingerprint density at radius 1 is 1.18 bits per heavy atom. The first-order chi connectivity index (χ1) is 8.36. The Bertz CT molecular complexity index is 339. The van der Waals surface area contributed by atoms with Crippen LogP contribution in [-0.4, -0.2) is 19.2 Å². The van der Waals surface area contributed by atoms with Gasteiger partial charge in [-0.05, 0) is 66.7 Å². The summed E-state index contributed by atoms with van der Waals surface area (Å²) in [6, 6.07) is 8.85. The average molecular weight is 298 g/mol. The molecule has 0 aromatic heterocycles. The van der Waals surface area contributed by atoms with E-state index in [0.717, 1.165) is 29.3 Å². The van der Waals surface area contributed by atoms with Gasteiger partial charge in [0.15, 0.2) is 0 Å². The fourth-order valence-corrected chi connectivity index (χ4v) is 2.14. The molecule has 0 amide bonds. The van der Waals surface area contributed by atoms with Crippen molar-refractivity contribution in [3.05, 3.63) is 28.7 Å². The predicted octanol–water partition coefficient (Wildman–Crippen LogP) is 3.75. The van der Waals surface area contributed by atoms with E-state index in [2.05, 4.69) is 21.2 Å². The second-order valence-corrected chi connectivity index (χ2v) is 5.42. The zero-order valence-corrected chi connectivity index (χ0v) is 11.7. The van der Waals surface area contributed by atoms with Crippen LogP contribution < -0.4 is 10.1 Å². The summed E-state index contributed by atoms with van der Waals surface area (Å²) in [4.78, 5) is 0. The van der Waals surface area contributed by atoms with Crippen LogP contribution in [0.25, 0.3) is 0 Å². The largest absolute Gasteiger partial charge is 0.492 e. The standard InChI is InChI=1S/C14H20BrNO/c15-13-6-2-3-7-14(13)17-11-5-1-4-10-16-12-8-9-12/h2-3,6-7,12,16H,1,4-5,8-11H2. The molecular weight excluding hydrogens is 278 g/mol. The summed E-state index contributed by atoms with van der Waals surface area (Å²) in [6.45, 7) is 1.98. The number of halogens is 1. The molecule has 1 N–H and O–H groups in total. The Balaban J connectivity index is 1.49. The highest BCUT2D eigenvalue weighted by Crippen LogP contribution is 2.23. The van der Waals surface area contributed by atoms with Crippen molar-refractivity contribution in [1.82, 2.24) is 5.32 Å². The highest BCUT2D eigenvalue weighted by atomic mass is 79.9. The predicted molar refractivity (Wildman–Crippen MR) is 74.5 cm³/mol. The smallest absolute Gasteiger partial charge is 0.133 e. The molecule has 1 aliphatic rings. The Morgan fingerprint density at radius 2 is 2.00 bits per heavy atom. The molecule has 0 radical (unpaired) electrons. The number of hydrogen-bond acceptors (Lipinski definition) is 2. The Hall–Kier alpha value is -0.540. The summed E-state index contributed by atoms with van der Waals surface area (Å²) >= 11 is 3.48. The second kappa shape index (κ2) is 7.02. The normalized spacial score (nSPS) is 14.9. The summed E-state index contributed by atoms with van der Waals surface area (Å²) in [5, 5.41) is 3.53. The van der Waals surface area contributed by atoms with Gasteiger partial charge in [0, 0.05) is 6.04 Å². The lowest BCUT2D eigenvalue weighted by Gasteiger charge is -2.07. The van der Waals surface area contributed by atoms with E-state index >= 15 is 0 Å². The van der Waals surface area contributed by atoms with Gasteiger partial charge >= 0.3 is 0 Å². The molecule has 0 aliphatic heterocycles. The van der Waals surface area contributed by atoms with Gasteiger partial charge in [0.1, 0.15) is 5.75 Å². The van der Waals surface area contributed by atoms with Crippen LogP contribution in [-0.2, 0) is 0 Å². The summed E-state index contributed by atoms with van der Waals surface area (Å²) in [5.41, 5.74) is 0. The maximum absolute atomic E-state index is 5.71. The van der Waals surface area contributed by atoms with Crippen LogP contribution in [0.1, 0.15) is 32.1 Å². The van der Waals surface area contributed by atoms with Gasteiger partial charge in [-0.15, -0.1) is 0 Å². The van der Waals surface area contributed by atoms with Gasteiger partial charge in [-0.1, -0.05) is 12.1 Å². The first-order valence-corrected chi connectivity index (χ1v) is 7.26. The van der Waals surface area contributed by atoms with Crippen molar-refractivity contribution in [2.24, 2.45) is 0 Å². The SMILES string of the molecule is Brc1ccccc1OCCCCCNC1CC1. The van der Waals surface area contributed by atoms with Crippen LogP contribution >= 0.6 is 15.9 Å². The van der Waals surface area contributed by atoms with Gasteiger partial charge in [-0.25, -0.2) is 0 Å². The summed E-state index contributed by atoms with van der Waals surface area (Å²) < 4.78 is 6.75. The third-order valence-electron chi connectivity index (χ3n) is 2.93. The lowest BCUT2D eigenvalue weighted by atomic mass is 10.2. The number of benzene rings is 1. The summed E-state index contributed by atoms with van der Waals surface area (Å²) in [7, 11) is 0. The van der Waals surface area contributed by atoms with Gasteiger partial charge in [-0.3, -0.25) is 0 Å². The average Bonchev–Trinajstić information content (AvgIpc) is 3.14. The lowest BCUT2D eigenvalue weighted by Crippen LogP contribution is -2.17. The van der Waals surface area contributed by atoms with E-state index in [-0.39, 0.29) is 0 Å². The Kier molecular flexibility index (Phi) is 5.33. The van der Waals surface area contributed by atoms with Gasteiger partial charge in [-0.2, -0.15) is 0 Å². The number of hydrogen-bond donors (Lipinski definition) is 1. The zero-order chi connectivity index (χ0) is 11.9. The molecule has 2 nitrogen and oxygen atoms in total. The van der Waals surface area contributed by atoms with E-state index in [1.807, 2.05) is 24.3 Å². The molecule has 1 aromatic rings. The number of para-hydroxylation sites is 1. The van der Waals surface area contributed by atoms with Crippen LogP contribution in [0, 0.1) is 0 Å². The molecule has 1 saturated carbocycles. The second-order valence-electron chi connectivity index (χ2n) is 4.57. The minimum atomic E-state index is 0.812. The topological polar surface area (TPSA) is 21.3 Å². The molecule has 0 unspecified atom stereocenters. The van der Waals surface area contributed by atoms with E-state index in [4.69, 9.17) is 4.74 Å². The Labute approximate surface area is 112 Å². The first kappa shape index (κ1) is 12.9. The van der Waals surface area contributed by atoms with Crippen LogP contribution in [0.3, 0.4) is 0 Å². The van der Waals surface area contributed by atoms with Crippen LogP contribution in [0.15, 0.2) is 28.7 Å². The summed E-state index contributed by atoms with van der Waals surface area (Å²) in [5.74, 6) is 0.948. The minimum absolute atomic E-state index is 0.812. The van der Waals surface area contributed by atoms with E-state index in [1.54, 1.807) is 0 Å². The number of ether oxygens (including phenoxy) is 1. The highest BCUT2D eigenvalue weighted by molar-refractivity contribution is 9.10. The molecule has 2 rings (SSSR count). The van der Waals surface area contributed by atoms with Gasteiger partial charge in [0.25, 0.3) is 0 Å². The summed E-state index contributed by atoms with van der Waals surface area (Å²) in [6.07, 6.45) is 6.39. The highest BCUT2D eigenvalue weighted by Gasteiger charge is 2.19. The maximum atomic E-state index is 5.71. The third kappa shape index (κ3) is 5.09. The van der Waals surface area contributed by atoms with E-state index in [9.17, 15) is 0 Å². The van der Waals surface area contributed by atoms with Crippen molar-refractivity contribution in [1.29, 1.82) is 0 Å². The number of unbranched alkanes of at least 4 members (excludes halogenated alkanes) is 2. The van der Waals surface area contributed by atoms with Gasteiger partial charge < -0.3 is 10.1 Å². The van der Waals surface area contributed by atoms with Crippen molar-refractivity contribution in [2.45, 2.75) is 38.1 Å². The third-order valence-corrected chi connectivity index (χ3v) is 3.58. The van der Waals surface area contributed by atoms with Crippen molar-refractivity contribution >= 4 is 15.9 Å². The molecule has 3 heteroatoms. The van der Waals surface area contributed by atoms with E-state index in [0.29, 0.717) is 0 Å². The minimum Gasteiger partial charge on any atom is -0.492 e. The van der Waals surface area contributed by atoms with Gasteiger partial charge in [0.05, 0.1) is 11.1 Å². The van der Waals surface area contributed by atoms with Crippen molar-refractivity contribution < 1.29 is 4.74 Å². The molecule has 1 aliphatic carbocycles. The molecule has 0 bridgehead atoms. The molecule has 0 heterocycles. The maximum Gasteiger partial charge on any atom is 0.133 e. The van der Waals surface area contributed by atoms with E-state index < -0.39 is 0 Å². The molecule has 17 heavy (non-hydrogen) atoms. The van der Waals surface area contributed by atoms with Crippen molar-refractivity contribution in [3.63, 3.8) is 0 Å². The number of rotatable bonds is 8. The first-order valence-electron chi connectivity index (χ1n) is 6.47. The molecule has 94 valence electrons. The molecule has 1 aromatic carbocycles. The fourth-order valence-electron chi connectivity index (χ4n) is 1.74. The Morgan fingerprint density at radius 3 is 2.76 bits per heavy atom. The van der Waals surface area contributed by atoms with E-state index in [1.165, 1.54) is 32.2 Å². The van der Waals surface area contributed by atoms with Crippen LogP contribution in [0.4, 0.5) is 0 Å². The van der Waals surface area contributed by atoms with Crippen LogP contribution in [0.5, 0.6) is 5.75 Å². The quantitative estimate of drug-likeness (QED) is 0.738. The van der Waals surface area contributed by atoms with Crippen LogP contribution in [0.2, 0.25) is 0 Å². The molecule has 0 saturated heterocycles. The van der Waals surface area contributed by atoms with Crippen molar-refractivity contribution in [2.75, 3.05) is 13.2 Å². The fraction of sp³-hybridized carbons (Fsp3) is 0.571. The lowest BCUT2D eigenvalue weighted by molar-refractivity contribution is 0.303. The molecular formula is C14H20BrNO.